The van der Waals surface area contributed by atoms with E-state index in [1.54, 1.807) is 19.0 Å². The van der Waals surface area contributed by atoms with E-state index in [-0.39, 0.29) is 11.4 Å². The van der Waals surface area contributed by atoms with E-state index in [9.17, 15) is 4.79 Å². The van der Waals surface area contributed by atoms with Gasteiger partial charge in [-0.2, -0.15) is 0 Å². The van der Waals surface area contributed by atoms with Gasteiger partial charge in [0, 0.05) is 26.2 Å². The maximum absolute atomic E-state index is 11.8. The summed E-state index contributed by atoms with van der Waals surface area (Å²) in [4.78, 5) is 15.6. The molecule has 1 atom stereocenters. The second-order valence-corrected chi connectivity index (χ2v) is 4.76. The van der Waals surface area contributed by atoms with Gasteiger partial charge in [-0.05, 0) is 26.3 Å². The molecule has 4 heteroatoms. The van der Waals surface area contributed by atoms with Crippen LogP contribution >= 0.6 is 0 Å². The maximum atomic E-state index is 11.8. The summed E-state index contributed by atoms with van der Waals surface area (Å²) in [7, 11) is 3.58. The molecule has 2 N–H and O–H groups in total. The summed E-state index contributed by atoms with van der Waals surface area (Å²) in [6.07, 6.45) is 2.00. The first-order chi connectivity index (χ1) is 7.41. The lowest BCUT2D eigenvalue weighted by Crippen LogP contribution is -2.54. The van der Waals surface area contributed by atoms with Crippen molar-refractivity contribution in [2.24, 2.45) is 5.73 Å². The summed E-state index contributed by atoms with van der Waals surface area (Å²) in [6.45, 7) is 8.34. The summed E-state index contributed by atoms with van der Waals surface area (Å²) in [5.41, 5.74) is 5.77. The molecule has 0 radical (unpaired) electrons. The molecule has 0 aliphatic rings. The fourth-order valence-corrected chi connectivity index (χ4v) is 1.61. The SMILES string of the molecule is CCCN(CC(=O)N(C)C)C(C)(CC)CN. The molecule has 4 nitrogen and oxygen atoms in total. The minimum absolute atomic E-state index is 0.0678. The molecule has 1 unspecified atom stereocenters. The molecule has 16 heavy (non-hydrogen) atoms. The number of likely N-dealkylation sites (N-methyl/N-ethyl adjacent to an activating group) is 1. The molecule has 96 valence electrons. The Morgan fingerprint density at radius 3 is 2.19 bits per heavy atom. The third-order valence-corrected chi connectivity index (χ3v) is 3.28. The lowest BCUT2D eigenvalue weighted by atomic mass is 9.96. The quantitative estimate of drug-likeness (QED) is 0.706. The molecule has 0 fully saturated rings. The van der Waals surface area contributed by atoms with Gasteiger partial charge in [-0.3, -0.25) is 9.69 Å². The number of hydrogen-bond donors (Lipinski definition) is 1. The Morgan fingerprint density at radius 1 is 1.31 bits per heavy atom. The highest BCUT2D eigenvalue weighted by atomic mass is 16.2. The largest absolute Gasteiger partial charge is 0.348 e. The van der Waals surface area contributed by atoms with Crippen LogP contribution in [0.3, 0.4) is 0 Å². The Bertz CT molecular complexity index is 212. The van der Waals surface area contributed by atoms with Gasteiger partial charge in [-0.15, -0.1) is 0 Å². The van der Waals surface area contributed by atoms with Gasteiger partial charge in [0.05, 0.1) is 6.54 Å². The van der Waals surface area contributed by atoms with E-state index >= 15 is 0 Å². The van der Waals surface area contributed by atoms with E-state index in [1.165, 1.54) is 0 Å². The van der Waals surface area contributed by atoms with Crippen LogP contribution < -0.4 is 5.73 Å². The average molecular weight is 229 g/mol. The summed E-state index contributed by atoms with van der Waals surface area (Å²) in [5.74, 6) is 0.140. The van der Waals surface area contributed by atoms with E-state index in [2.05, 4.69) is 25.7 Å². The maximum Gasteiger partial charge on any atom is 0.236 e. The fraction of sp³-hybridized carbons (Fsp3) is 0.917. The molecular formula is C12H27N3O. The average Bonchev–Trinajstić information content (AvgIpc) is 2.27. The number of nitrogens with two attached hydrogens (primary N) is 1. The fourth-order valence-electron chi connectivity index (χ4n) is 1.61. The molecule has 0 heterocycles. The van der Waals surface area contributed by atoms with Crippen LogP contribution in [0.15, 0.2) is 0 Å². The van der Waals surface area contributed by atoms with Crippen molar-refractivity contribution in [3.05, 3.63) is 0 Å². The Kier molecular flexibility index (Phi) is 6.60. The molecule has 0 bridgehead atoms. The highest BCUT2D eigenvalue weighted by molar-refractivity contribution is 5.77. The number of amides is 1. The number of hydrogen-bond acceptors (Lipinski definition) is 3. The third-order valence-electron chi connectivity index (χ3n) is 3.28. The van der Waals surface area contributed by atoms with E-state index < -0.39 is 0 Å². The molecule has 0 saturated carbocycles. The molecule has 0 aromatic heterocycles. The smallest absolute Gasteiger partial charge is 0.236 e. The first-order valence-electron chi connectivity index (χ1n) is 6.06. The van der Waals surface area contributed by atoms with Gasteiger partial charge >= 0.3 is 0 Å². The minimum atomic E-state index is -0.0678. The molecule has 1 amide bonds. The lowest BCUT2D eigenvalue weighted by molar-refractivity contribution is -0.131. The van der Waals surface area contributed by atoms with Crippen LogP contribution in [0.5, 0.6) is 0 Å². The lowest BCUT2D eigenvalue weighted by Gasteiger charge is -2.40. The van der Waals surface area contributed by atoms with Gasteiger partial charge in [0.1, 0.15) is 0 Å². The Balaban J connectivity index is 4.65. The monoisotopic (exact) mass is 229 g/mol. The Hall–Kier alpha value is -0.610. The summed E-state index contributed by atoms with van der Waals surface area (Å²) < 4.78 is 0. The zero-order valence-electron chi connectivity index (χ0n) is 11.4. The molecule has 0 spiro atoms. The highest BCUT2D eigenvalue weighted by Gasteiger charge is 2.29. The van der Waals surface area contributed by atoms with Gasteiger partial charge < -0.3 is 10.6 Å². The van der Waals surface area contributed by atoms with Crippen LogP contribution in [0.1, 0.15) is 33.6 Å². The van der Waals surface area contributed by atoms with Crippen LogP contribution in [0.25, 0.3) is 0 Å². The second kappa shape index (κ2) is 6.86. The summed E-state index contributed by atoms with van der Waals surface area (Å²) in [5, 5.41) is 0. The topological polar surface area (TPSA) is 49.6 Å². The van der Waals surface area contributed by atoms with Crippen LogP contribution in [0, 0.1) is 0 Å². The molecule has 0 aliphatic carbocycles. The predicted molar refractivity (Wildman–Crippen MR) is 68.3 cm³/mol. The second-order valence-electron chi connectivity index (χ2n) is 4.76. The van der Waals surface area contributed by atoms with E-state index in [0.29, 0.717) is 13.1 Å². The van der Waals surface area contributed by atoms with Gasteiger partial charge in [-0.1, -0.05) is 13.8 Å². The highest BCUT2D eigenvalue weighted by Crippen LogP contribution is 2.18. The number of carbonyl (C=O) groups excluding carboxylic acids is 1. The van der Waals surface area contributed by atoms with Gasteiger partial charge in [-0.25, -0.2) is 0 Å². The van der Waals surface area contributed by atoms with Crippen molar-refractivity contribution in [1.82, 2.24) is 9.80 Å². The molecule has 0 aromatic rings. The van der Waals surface area contributed by atoms with Crippen LogP contribution in [0.4, 0.5) is 0 Å². The Labute approximate surface area is 99.8 Å². The first kappa shape index (κ1) is 15.4. The Morgan fingerprint density at radius 2 is 1.88 bits per heavy atom. The molecule has 0 saturated heterocycles. The summed E-state index contributed by atoms with van der Waals surface area (Å²) >= 11 is 0. The van der Waals surface area contributed by atoms with E-state index in [1.807, 2.05) is 0 Å². The molecular weight excluding hydrogens is 202 g/mol. The first-order valence-corrected chi connectivity index (χ1v) is 6.06. The number of nitrogens with zero attached hydrogens (tertiary/aromatic N) is 2. The van der Waals surface area contributed by atoms with Gasteiger partial charge in [0.15, 0.2) is 0 Å². The van der Waals surface area contributed by atoms with E-state index in [0.717, 1.165) is 19.4 Å². The van der Waals surface area contributed by atoms with Crippen molar-refractivity contribution in [3.63, 3.8) is 0 Å². The standard InChI is InChI=1S/C12H27N3O/c1-6-8-15(9-11(16)14(4)5)12(3,7-2)10-13/h6-10,13H2,1-5H3. The summed E-state index contributed by atoms with van der Waals surface area (Å²) in [6, 6.07) is 0. The molecule has 0 rings (SSSR count). The van der Waals surface area contributed by atoms with Crippen molar-refractivity contribution in [3.8, 4) is 0 Å². The van der Waals surface area contributed by atoms with Crippen molar-refractivity contribution in [2.75, 3.05) is 33.7 Å². The van der Waals surface area contributed by atoms with Crippen LogP contribution in [-0.4, -0.2) is 55.0 Å². The normalized spacial score (nSPS) is 14.9. The number of carbonyl (C=O) groups is 1. The van der Waals surface area contributed by atoms with Crippen LogP contribution in [0.2, 0.25) is 0 Å². The third kappa shape index (κ3) is 4.10. The number of rotatable bonds is 7. The zero-order valence-corrected chi connectivity index (χ0v) is 11.4. The van der Waals surface area contributed by atoms with Gasteiger partial charge in [0.2, 0.25) is 5.91 Å². The molecule has 0 aromatic carbocycles. The predicted octanol–water partition coefficient (Wildman–Crippen LogP) is 0.914. The van der Waals surface area contributed by atoms with Crippen molar-refractivity contribution >= 4 is 5.91 Å². The zero-order chi connectivity index (χ0) is 12.8. The van der Waals surface area contributed by atoms with Crippen molar-refractivity contribution in [2.45, 2.75) is 39.2 Å². The van der Waals surface area contributed by atoms with Gasteiger partial charge in [0.25, 0.3) is 0 Å². The minimum Gasteiger partial charge on any atom is -0.348 e. The van der Waals surface area contributed by atoms with Crippen molar-refractivity contribution in [1.29, 1.82) is 0 Å². The van der Waals surface area contributed by atoms with E-state index in [4.69, 9.17) is 5.73 Å². The molecule has 0 aliphatic heterocycles. The van der Waals surface area contributed by atoms with Crippen molar-refractivity contribution < 1.29 is 4.79 Å². The van der Waals surface area contributed by atoms with Crippen LogP contribution in [-0.2, 0) is 4.79 Å².